The Morgan fingerprint density at radius 3 is 2.62 bits per heavy atom. The topological polar surface area (TPSA) is 99.0 Å². The van der Waals surface area contributed by atoms with Crippen LogP contribution in [-0.2, 0) is 10.0 Å². The number of nitrogens with one attached hydrogen (secondary N) is 1. The molecule has 0 aliphatic rings. The maximum Gasteiger partial charge on any atom is 0.387 e. The Morgan fingerprint density at radius 2 is 1.96 bits per heavy atom. The van der Waals surface area contributed by atoms with Gasteiger partial charge in [0.1, 0.15) is 12.1 Å². The fourth-order valence-corrected chi connectivity index (χ4v) is 3.47. The van der Waals surface area contributed by atoms with Crippen molar-refractivity contribution in [2.24, 2.45) is 0 Å². The molecule has 12 heteroatoms. The molecule has 0 atom stereocenters. The number of anilines is 1. The highest BCUT2D eigenvalue weighted by Crippen LogP contribution is 2.30. The standard InChI is InChI=1S/C14H10ClF2N5O3S/c15-10-7-9(5-6-13(10)25-14(16)17)26(23,24)19-11-3-1-2-4-12(11)22-8-18-20-21-22/h1-8,14,19H. The Hall–Kier alpha value is -2.79. The fourth-order valence-electron chi connectivity index (χ4n) is 2.08. The van der Waals surface area contributed by atoms with Gasteiger partial charge >= 0.3 is 6.61 Å². The average Bonchev–Trinajstić information content (AvgIpc) is 3.11. The molecule has 0 radical (unpaired) electrons. The third kappa shape index (κ3) is 3.89. The SMILES string of the molecule is O=S(=O)(Nc1ccccc1-n1cnnn1)c1ccc(OC(F)F)c(Cl)c1. The first-order valence-corrected chi connectivity index (χ1v) is 8.82. The first-order chi connectivity index (χ1) is 12.4. The Balaban J connectivity index is 1.92. The summed E-state index contributed by atoms with van der Waals surface area (Å²) in [6.07, 6.45) is 1.31. The molecule has 136 valence electrons. The Bertz CT molecular complexity index is 1020. The van der Waals surface area contributed by atoms with Gasteiger partial charge in [0.2, 0.25) is 0 Å². The van der Waals surface area contributed by atoms with Crippen LogP contribution >= 0.6 is 11.6 Å². The van der Waals surface area contributed by atoms with Crippen molar-refractivity contribution < 1.29 is 21.9 Å². The van der Waals surface area contributed by atoms with Crippen molar-refractivity contribution in [3.63, 3.8) is 0 Å². The predicted molar refractivity (Wildman–Crippen MR) is 88.0 cm³/mol. The lowest BCUT2D eigenvalue weighted by molar-refractivity contribution is -0.0498. The van der Waals surface area contributed by atoms with Crippen LogP contribution in [0.25, 0.3) is 5.69 Å². The fraction of sp³-hybridized carbons (Fsp3) is 0.0714. The second-order valence-corrected chi connectivity index (χ2v) is 6.94. The molecule has 1 aromatic heterocycles. The number of rotatable bonds is 6. The van der Waals surface area contributed by atoms with Crippen LogP contribution in [0.5, 0.6) is 5.75 Å². The molecule has 0 bridgehead atoms. The number of nitrogens with zero attached hydrogens (tertiary/aromatic N) is 4. The van der Waals surface area contributed by atoms with Crippen LogP contribution in [0.15, 0.2) is 53.7 Å². The van der Waals surface area contributed by atoms with E-state index < -0.39 is 16.6 Å². The van der Waals surface area contributed by atoms with Crippen LogP contribution in [0.1, 0.15) is 0 Å². The minimum atomic E-state index is -4.05. The molecule has 0 aliphatic heterocycles. The summed E-state index contributed by atoms with van der Waals surface area (Å²) in [5, 5.41) is 10.5. The first kappa shape index (κ1) is 18.0. The molecule has 0 spiro atoms. The number of halogens is 3. The number of benzene rings is 2. The zero-order chi connectivity index (χ0) is 18.7. The summed E-state index contributed by atoms with van der Waals surface area (Å²) in [6.45, 7) is -3.07. The molecular weight excluding hydrogens is 392 g/mol. The normalized spacial score (nSPS) is 11.5. The molecular formula is C14H10ClF2N5O3S. The van der Waals surface area contributed by atoms with Gasteiger partial charge < -0.3 is 4.74 Å². The highest BCUT2D eigenvalue weighted by molar-refractivity contribution is 7.92. The van der Waals surface area contributed by atoms with E-state index in [2.05, 4.69) is 25.0 Å². The van der Waals surface area contributed by atoms with Crippen molar-refractivity contribution in [2.75, 3.05) is 4.72 Å². The van der Waals surface area contributed by atoms with Crippen LogP contribution in [0, 0.1) is 0 Å². The summed E-state index contributed by atoms with van der Waals surface area (Å²) < 4.78 is 57.6. The van der Waals surface area contributed by atoms with Crippen LogP contribution in [0.2, 0.25) is 5.02 Å². The highest BCUT2D eigenvalue weighted by atomic mass is 35.5. The minimum Gasteiger partial charge on any atom is -0.433 e. The van der Waals surface area contributed by atoms with Crippen LogP contribution in [-0.4, -0.2) is 35.2 Å². The molecule has 3 aromatic rings. The van der Waals surface area contributed by atoms with Gasteiger partial charge in [-0.3, -0.25) is 4.72 Å². The molecule has 0 aliphatic carbocycles. The number of hydrogen-bond acceptors (Lipinski definition) is 6. The number of alkyl halides is 2. The van der Waals surface area contributed by atoms with Gasteiger partial charge in [0.05, 0.1) is 21.3 Å². The number of ether oxygens (including phenoxy) is 1. The quantitative estimate of drug-likeness (QED) is 0.681. The van der Waals surface area contributed by atoms with Crippen molar-refractivity contribution in [1.82, 2.24) is 20.2 Å². The number of sulfonamides is 1. The zero-order valence-corrected chi connectivity index (χ0v) is 14.3. The number of aromatic nitrogens is 4. The van der Waals surface area contributed by atoms with E-state index in [0.29, 0.717) is 5.69 Å². The van der Waals surface area contributed by atoms with Crippen molar-refractivity contribution in [3.8, 4) is 11.4 Å². The van der Waals surface area contributed by atoms with Crippen molar-refractivity contribution in [2.45, 2.75) is 11.5 Å². The van der Waals surface area contributed by atoms with Crippen molar-refractivity contribution in [1.29, 1.82) is 0 Å². The zero-order valence-electron chi connectivity index (χ0n) is 12.8. The number of para-hydroxylation sites is 2. The molecule has 0 amide bonds. The molecule has 0 saturated carbocycles. The van der Waals surface area contributed by atoms with Gasteiger partial charge in [-0.15, -0.1) is 5.10 Å². The van der Waals surface area contributed by atoms with E-state index >= 15 is 0 Å². The lowest BCUT2D eigenvalue weighted by atomic mass is 10.3. The van der Waals surface area contributed by atoms with Gasteiger partial charge in [0.15, 0.2) is 0 Å². The second kappa shape index (κ2) is 7.22. The van der Waals surface area contributed by atoms with Gasteiger partial charge in [-0.1, -0.05) is 23.7 Å². The van der Waals surface area contributed by atoms with E-state index in [9.17, 15) is 17.2 Å². The van der Waals surface area contributed by atoms with Gasteiger partial charge in [-0.25, -0.2) is 8.42 Å². The van der Waals surface area contributed by atoms with Gasteiger partial charge in [0, 0.05) is 0 Å². The molecule has 0 fully saturated rings. The molecule has 0 unspecified atom stereocenters. The molecule has 1 heterocycles. The largest absolute Gasteiger partial charge is 0.433 e. The number of tetrazole rings is 1. The Labute approximate surface area is 151 Å². The van der Waals surface area contributed by atoms with E-state index in [1.165, 1.54) is 17.1 Å². The summed E-state index contributed by atoms with van der Waals surface area (Å²) in [5.74, 6) is -0.324. The first-order valence-electron chi connectivity index (χ1n) is 6.96. The molecule has 26 heavy (non-hydrogen) atoms. The molecule has 0 saturated heterocycles. The Kier molecular flexibility index (Phi) is 5.00. The third-order valence-corrected chi connectivity index (χ3v) is 4.83. The summed E-state index contributed by atoms with van der Waals surface area (Å²) in [4.78, 5) is -0.226. The highest BCUT2D eigenvalue weighted by Gasteiger charge is 2.19. The lowest BCUT2D eigenvalue weighted by Crippen LogP contribution is -2.15. The van der Waals surface area contributed by atoms with Gasteiger partial charge in [-0.2, -0.15) is 13.5 Å². The van der Waals surface area contributed by atoms with E-state index in [4.69, 9.17) is 11.6 Å². The van der Waals surface area contributed by atoms with Crippen molar-refractivity contribution in [3.05, 3.63) is 53.8 Å². The van der Waals surface area contributed by atoms with E-state index in [-0.39, 0.29) is 21.4 Å². The van der Waals surface area contributed by atoms with Crippen LogP contribution in [0.3, 0.4) is 0 Å². The number of hydrogen-bond donors (Lipinski definition) is 1. The third-order valence-electron chi connectivity index (χ3n) is 3.17. The maximum absolute atomic E-state index is 12.6. The summed E-state index contributed by atoms with van der Waals surface area (Å²) in [6, 6.07) is 9.61. The average molecular weight is 402 g/mol. The Morgan fingerprint density at radius 1 is 1.19 bits per heavy atom. The van der Waals surface area contributed by atoms with E-state index in [1.54, 1.807) is 18.2 Å². The monoisotopic (exact) mass is 401 g/mol. The lowest BCUT2D eigenvalue weighted by Gasteiger charge is -2.13. The van der Waals surface area contributed by atoms with Crippen LogP contribution < -0.4 is 9.46 Å². The van der Waals surface area contributed by atoms with Crippen LogP contribution in [0.4, 0.5) is 14.5 Å². The summed E-state index contributed by atoms with van der Waals surface area (Å²) >= 11 is 5.81. The maximum atomic E-state index is 12.6. The summed E-state index contributed by atoms with van der Waals surface area (Å²) in [7, 11) is -4.05. The molecule has 2 aromatic carbocycles. The van der Waals surface area contributed by atoms with E-state index in [0.717, 1.165) is 18.2 Å². The smallest absolute Gasteiger partial charge is 0.387 e. The van der Waals surface area contributed by atoms with Crippen molar-refractivity contribution >= 4 is 27.3 Å². The minimum absolute atomic E-state index is 0.212. The molecule has 8 nitrogen and oxygen atoms in total. The molecule has 1 N–H and O–H groups in total. The van der Waals surface area contributed by atoms with E-state index in [1.807, 2.05) is 0 Å². The van der Waals surface area contributed by atoms with Gasteiger partial charge in [-0.05, 0) is 40.8 Å². The predicted octanol–water partition coefficient (Wildman–Crippen LogP) is 2.72. The van der Waals surface area contributed by atoms with Gasteiger partial charge in [0.25, 0.3) is 10.0 Å². The second-order valence-electron chi connectivity index (χ2n) is 4.85. The summed E-state index contributed by atoms with van der Waals surface area (Å²) in [5.41, 5.74) is 0.605. The molecule has 3 rings (SSSR count).